The lowest BCUT2D eigenvalue weighted by molar-refractivity contribution is 0.0594. The minimum Gasteiger partial charge on any atom is -0.338 e. The van der Waals surface area contributed by atoms with Crippen LogP contribution in [-0.2, 0) is 13.6 Å². The van der Waals surface area contributed by atoms with Crippen LogP contribution in [0.4, 0.5) is 0 Å². The van der Waals surface area contributed by atoms with Crippen LogP contribution in [0, 0.1) is 5.92 Å². The van der Waals surface area contributed by atoms with Gasteiger partial charge in [-0.15, -0.1) is 0 Å². The number of carbonyl (C=O) groups is 1. The van der Waals surface area contributed by atoms with E-state index in [9.17, 15) is 9.59 Å². The van der Waals surface area contributed by atoms with Gasteiger partial charge in [0.2, 0.25) is 0 Å². The fourth-order valence-corrected chi connectivity index (χ4v) is 4.69. The molecule has 1 aromatic carbocycles. The summed E-state index contributed by atoms with van der Waals surface area (Å²) in [6.07, 6.45) is 4.61. The fraction of sp³-hybridized carbons (Fsp3) is 0.318. The number of piperidine rings is 1. The quantitative estimate of drug-likeness (QED) is 0.692. The number of fused-ring (bicyclic) bond motifs is 4. The topological polar surface area (TPSA) is 60.1 Å². The van der Waals surface area contributed by atoms with E-state index in [4.69, 9.17) is 0 Å². The van der Waals surface area contributed by atoms with Crippen molar-refractivity contribution in [2.45, 2.75) is 18.9 Å². The Morgan fingerprint density at radius 3 is 2.79 bits per heavy atom. The van der Waals surface area contributed by atoms with Crippen LogP contribution >= 0.6 is 0 Å². The normalized spacial score (nSPS) is 20.7. The fourth-order valence-electron chi connectivity index (χ4n) is 4.69. The molecule has 1 saturated heterocycles. The zero-order valence-electron chi connectivity index (χ0n) is 15.8. The van der Waals surface area contributed by atoms with Gasteiger partial charge in [0, 0.05) is 55.5 Å². The third-order valence-electron chi connectivity index (χ3n) is 5.99. The summed E-state index contributed by atoms with van der Waals surface area (Å²) < 4.78 is 3.84. The SMILES string of the molecule is Cn1cncc1-c1cccc(C(=O)N2CC3CC(C2)c2cccc(=O)n2C3)c1. The molecule has 1 amide bonds. The van der Waals surface area contributed by atoms with Crippen LogP contribution in [0.15, 0.2) is 59.8 Å². The van der Waals surface area contributed by atoms with Gasteiger partial charge in [-0.3, -0.25) is 9.59 Å². The van der Waals surface area contributed by atoms with Gasteiger partial charge < -0.3 is 14.0 Å². The van der Waals surface area contributed by atoms with Crippen molar-refractivity contribution < 1.29 is 4.79 Å². The highest BCUT2D eigenvalue weighted by molar-refractivity contribution is 5.95. The molecule has 1 fully saturated rings. The monoisotopic (exact) mass is 374 g/mol. The summed E-state index contributed by atoms with van der Waals surface area (Å²) in [5.41, 5.74) is 3.79. The number of likely N-dealkylation sites (tertiary alicyclic amines) is 1. The molecular weight excluding hydrogens is 352 g/mol. The second kappa shape index (κ2) is 6.48. The smallest absolute Gasteiger partial charge is 0.253 e. The first-order chi connectivity index (χ1) is 13.6. The Balaban J connectivity index is 1.43. The molecule has 142 valence electrons. The van der Waals surface area contributed by atoms with E-state index < -0.39 is 0 Å². The van der Waals surface area contributed by atoms with Crippen molar-refractivity contribution >= 4 is 5.91 Å². The molecule has 28 heavy (non-hydrogen) atoms. The standard InChI is InChI=1S/C22H22N4O2/c1-24-14-23-10-20(24)16-4-2-5-17(9-16)22(28)25-11-15-8-18(13-25)19-6-3-7-21(27)26(19)12-15/h2-7,9-10,14-15,18H,8,11-13H2,1H3. The maximum absolute atomic E-state index is 13.3. The van der Waals surface area contributed by atoms with Gasteiger partial charge in [0.15, 0.2) is 0 Å². The van der Waals surface area contributed by atoms with Gasteiger partial charge in [-0.05, 0) is 30.5 Å². The van der Waals surface area contributed by atoms with E-state index in [1.807, 2.05) is 63.7 Å². The molecule has 5 rings (SSSR count). The molecule has 2 aliphatic heterocycles. The van der Waals surface area contributed by atoms with E-state index in [1.54, 1.807) is 12.4 Å². The van der Waals surface area contributed by atoms with Crippen LogP contribution < -0.4 is 5.56 Å². The van der Waals surface area contributed by atoms with E-state index in [2.05, 4.69) is 4.98 Å². The van der Waals surface area contributed by atoms with Gasteiger partial charge in [-0.1, -0.05) is 18.2 Å². The summed E-state index contributed by atoms with van der Waals surface area (Å²) in [7, 11) is 1.95. The maximum Gasteiger partial charge on any atom is 0.253 e. The largest absolute Gasteiger partial charge is 0.338 e. The van der Waals surface area contributed by atoms with Crippen LogP contribution in [0.5, 0.6) is 0 Å². The number of nitrogens with zero attached hydrogens (tertiary/aromatic N) is 4. The van der Waals surface area contributed by atoms with Crippen molar-refractivity contribution in [2.24, 2.45) is 13.0 Å². The summed E-state index contributed by atoms with van der Waals surface area (Å²) in [4.78, 5) is 31.6. The average molecular weight is 374 g/mol. The zero-order valence-corrected chi connectivity index (χ0v) is 15.8. The molecule has 0 spiro atoms. The number of rotatable bonds is 2. The predicted molar refractivity (Wildman–Crippen MR) is 106 cm³/mol. The van der Waals surface area contributed by atoms with Gasteiger partial charge >= 0.3 is 0 Å². The summed E-state index contributed by atoms with van der Waals surface area (Å²) in [6.45, 7) is 2.06. The molecule has 0 N–H and O–H groups in total. The molecule has 2 unspecified atom stereocenters. The molecule has 6 heteroatoms. The summed E-state index contributed by atoms with van der Waals surface area (Å²) in [6, 6.07) is 13.2. The highest BCUT2D eigenvalue weighted by Crippen LogP contribution is 2.35. The zero-order chi connectivity index (χ0) is 19.3. The van der Waals surface area contributed by atoms with Crippen LogP contribution in [0.25, 0.3) is 11.3 Å². The Morgan fingerprint density at radius 2 is 1.96 bits per heavy atom. The molecule has 2 bridgehead atoms. The lowest BCUT2D eigenvalue weighted by atomic mass is 9.83. The Labute approximate surface area is 163 Å². The third-order valence-corrected chi connectivity index (χ3v) is 5.99. The van der Waals surface area contributed by atoms with Crippen molar-refractivity contribution in [3.63, 3.8) is 0 Å². The molecule has 4 heterocycles. The van der Waals surface area contributed by atoms with Gasteiger partial charge in [-0.2, -0.15) is 0 Å². The van der Waals surface area contributed by atoms with E-state index in [0.717, 1.165) is 23.4 Å². The van der Waals surface area contributed by atoms with Gasteiger partial charge in [0.1, 0.15) is 0 Å². The molecule has 6 nitrogen and oxygen atoms in total. The second-order valence-corrected chi connectivity index (χ2v) is 7.88. The number of amides is 1. The maximum atomic E-state index is 13.3. The van der Waals surface area contributed by atoms with Crippen LogP contribution in [-0.4, -0.2) is 38.0 Å². The Kier molecular flexibility index (Phi) is 3.93. The van der Waals surface area contributed by atoms with Crippen molar-refractivity contribution in [1.82, 2.24) is 19.0 Å². The van der Waals surface area contributed by atoms with Crippen LogP contribution in [0.2, 0.25) is 0 Å². The number of hydrogen-bond donors (Lipinski definition) is 0. The number of imidazole rings is 1. The highest BCUT2D eigenvalue weighted by Gasteiger charge is 2.36. The summed E-state index contributed by atoms with van der Waals surface area (Å²) in [5, 5.41) is 0. The van der Waals surface area contributed by atoms with E-state index in [-0.39, 0.29) is 17.4 Å². The lowest BCUT2D eigenvalue weighted by Crippen LogP contribution is -2.49. The average Bonchev–Trinajstić information content (AvgIpc) is 3.14. The van der Waals surface area contributed by atoms with Gasteiger partial charge in [0.05, 0.1) is 18.2 Å². The molecule has 2 aliphatic rings. The Morgan fingerprint density at radius 1 is 1.11 bits per heavy atom. The van der Waals surface area contributed by atoms with Gasteiger partial charge in [0.25, 0.3) is 11.5 Å². The second-order valence-electron chi connectivity index (χ2n) is 7.88. The number of aromatic nitrogens is 3. The number of aryl methyl sites for hydroxylation is 1. The molecule has 3 aromatic rings. The van der Waals surface area contributed by atoms with Gasteiger partial charge in [-0.25, -0.2) is 4.98 Å². The Bertz CT molecular complexity index is 1110. The first kappa shape index (κ1) is 17.0. The predicted octanol–water partition coefficient (Wildman–Crippen LogP) is 2.51. The number of carbonyl (C=O) groups excluding carboxylic acids is 1. The first-order valence-corrected chi connectivity index (χ1v) is 9.66. The highest BCUT2D eigenvalue weighted by atomic mass is 16.2. The third kappa shape index (κ3) is 2.76. The molecule has 2 atom stereocenters. The van der Waals surface area contributed by atoms with E-state index in [0.29, 0.717) is 31.1 Å². The molecule has 0 saturated carbocycles. The summed E-state index contributed by atoms with van der Waals surface area (Å²) in [5.74, 6) is 0.617. The number of hydrogen-bond acceptors (Lipinski definition) is 3. The van der Waals surface area contributed by atoms with Crippen molar-refractivity contribution in [3.05, 3.63) is 76.6 Å². The minimum absolute atomic E-state index is 0.0606. The van der Waals surface area contributed by atoms with Crippen molar-refractivity contribution in [1.29, 1.82) is 0 Å². The molecule has 0 aliphatic carbocycles. The van der Waals surface area contributed by atoms with Crippen molar-refractivity contribution in [2.75, 3.05) is 13.1 Å². The van der Waals surface area contributed by atoms with E-state index in [1.165, 1.54) is 0 Å². The van der Waals surface area contributed by atoms with E-state index >= 15 is 0 Å². The Hall–Kier alpha value is -3.15. The van der Waals surface area contributed by atoms with Crippen LogP contribution in [0.3, 0.4) is 0 Å². The molecule has 0 radical (unpaired) electrons. The minimum atomic E-state index is 0.0606. The molecular formula is C22H22N4O2. The number of benzene rings is 1. The van der Waals surface area contributed by atoms with Crippen molar-refractivity contribution in [3.8, 4) is 11.3 Å². The number of pyridine rings is 1. The van der Waals surface area contributed by atoms with Crippen LogP contribution in [0.1, 0.15) is 28.4 Å². The first-order valence-electron chi connectivity index (χ1n) is 9.66. The molecule has 2 aromatic heterocycles. The lowest BCUT2D eigenvalue weighted by Gasteiger charge is -2.42. The summed E-state index contributed by atoms with van der Waals surface area (Å²) >= 11 is 0.